The third kappa shape index (κ3) is 5.84. The van der Waals surface area contributed by atoms with Crippen LogP contribution in [0.1, 0.15) is 87.8 Å². The fourth-order valence-corrected chi connectivity index (χ4v) is 6.60. The molecule has 1 N–H and O–H groups in total. The molecule has 3 fully saturated rings. The molecule has 0 saturated carbocycles. The molecular formula is C29H40F3N5O3. The van der Waals surface area contributed by atoms with E-state index in [2.05, 4.69) is 28.7 Å². The summed E-state index contributed by atoms with van der Waals surface area (Å²) in [7, 11) is 0. The summed E-state index contributed by atoms with van der Waals surface area (Å²) in [6, 6.07) is 5.48. The number of halogens is 3. The van der Waals surface area contributed by atoms with Crippen LogP contribution in [-0.4, -0.2) is 73.9 Å². The van der Waals surface area contributed by atoms with E-state index in [4.69, 9.17) is 5.11 Å². The van der Waals surface area contributed by atoms with Gasteiger partial charge in [-0.25, -0.2) is 9.59 Å². The van der Waals surface area contributed by atoms with Gasteiger partial charge in [0.25, 0.3) is 0 Å². The lowest BCUT2D eigenvalue weighted by atomic mass is 9.84. The van der Waals surface area contributed by atoms with Crippen molar-refractivity contribution in [3.63, 3.8) is 0 Å². The summed E-state index contributed by atoms with van der Waals surface area (Å²) in [5, 5.41) is 12.9. The number of carbonyl (C=O) groups excluding carboxylic acids is 1. The zero-order valence-corrected chi connectivity index (χ0v) is 23.7. The first-order valence-corrected chi connectivity index (χ1v) is 14.3. The van der Waals surface area contributed by atoms with Gasteiger partial charge in [0.15, 0.2) is 5.69 Å². The zero-order chi connectivity index (χ0) is 29.2. The second-order valence-electron chi connectivity index (χ2n) is 11.0. The normalized spacial score (nSPS) is 22.9. The van der Waals surface area contributed by atoms with Crippen molar-refractivity contribution in [2.24, 2.45) is 0 Å². The van der Waals surface area contributed by atoms with Crippen LogP contribution in [0.4, 0.5) is 23.7 Å². The number of likely N-dealkylation sites (tertiary alicyclic amines) is 2. The topological polar surface area (TPSA) is 81.9 Å². The number of aromatic carboxylic acids is 1. The number of carboxylic acid groups (broad SMARTS) is 1. The van der Waals surface area contributed by atoms with E-state index in [0.717, 1.165) is 55.3 Å². The Balaban J connectivity index is 0.00000181. The predicted octanol–water partition coefficient (Wildman–Crippen LogP) is 6.10. The summed E-state index contributed by atoms with van der Waals surface area (Å²) in [6.45, 7) is 10.6. The highest BCUT2D eigenvalue weighted by atomic mass is 19.4. The van der Waals surface area contributed by atoms with E-state index in [1.807, 2.05) is 13.8 Å². The molecule has 4 heterocycles. The van der Waals surface area contributed by atoms with E-state index in [-0.39, 0.29) is 29.3 Å². The minimum Gasteiger partial charge on any atom is -0.476 e. The van der Waals surface area contributed by atoms with E-state index < -0.39 is 17.7 Å². The Bertz CT molecular complexity index is 1200. The van der Waals surface area contributed by atoms with Gasteiger partial charge in [0.1, 0.15) is 0 Å². The van der Waals surface area contributed by atoms with Gasteiger partial charge in [0, 0.05) is 49.1 Å². The number of amides is 1. The molecule has 8 nitrogen and oxygen atoms in total. The van der Waals surface area contributed by atoms with Gasteiger partial charge in [-0.05, 0) is 82.7 Å². The smallest absolute Gasteiger partial charge is 0.416 e. The molecule has 1 aromatic heterocycles. The van der Waals surface area contributed by atoms with Gasteiger partial charge in [-0.1, -0.05) is 19.9 Å². The van der Waals surface area contributed by atoms with E-state index in [9.17, 15) is 22.8 Å². The highest BCUT2D eigenvalue weighted by Gasteiger charge is 2.44. The molecule has 1 amide bonds. The molecule has 0 radical (unpaired) electrons. The van der Waals surface area contributed by atoms with E-state index in [0.29, 0.717) is 25.3 Å². The molecule has 40 heavy (non-hydrogen) atoms. The first-order valence-electron chi connectivity index (χ1n) is 14.3. The Kier molecular flexibility index (Phi) is 8.82. The third-order valence-electron chi connectivity index (χ3n) is 8.71. The molecule has 3 saturated heterocycles. The number of benzene rings is 1. The van der Waals surface area contributed by atoms with Gasteiger partial charge in [-0.3, -0.25) is 4.90 Å². The maximum atomic E-state index is 13.6. The SMILES string of the molecule is CC.CC1CC[C@H](C)N1c1cc(C(F)(F)F)ccc1CN1CCCC12CCN(C(=O)n1ccc(C(=O)O)n1)CC2. The Morgan fingerprint density at radius 3 is 2.25 bits per heavy atom. The molecule has 0 bridgehead atoms. The zero-order valence-electron chi connectivity index (χ0n) is 23.7. The number of alkyl halides is 3. The molecule has 2 aromatic rings. The Labute approximate surface area is 233 Å². The van der Waals surface area contributed by atoms with Crippen LogP contribution in [0.15, 0.2) is 30.5 Å². The van der Waals surface area contributed by atoms with Crippen molar-refractivity contribution >= 4 is 17.7 Å². The number of piperidine rings is 1. The number of hydrogen-bond acceptors (Lipinski definition) is 5. The van der Waals surface area contributed by atoms with Crippen LogP contribution in [-0.2, 0) is 12.7 Å². The van der Waals surface area contributed by atoms with Crippen LogP contribution in [0.5, 0.6) is 0 Å². The fourth-order valence-electron chi connectivity index (χ4n) is 6.60. The number of anilines is 1. The highest BCUT2D eigenvalue weighted by Crippen LogP contribution is 2.43. The van der Waals surface area contributed by atoms with Gasteiger partial charge < -0.3 is 14.9 Å². The molecule has 1 unspecified atom stereocenters. The molecule has 220 valence electrons. The van der Waals surface area contributed by atoms with E-state index in [1.165, 1.54) is 24.4 Å². The van der Waals surface area contributed by atoms with Gasteiger partial charge in [0.05, 0.1) is 5.56 Å². The van der Waals surface area contributed by atoms with E-state index in [1.54, 1.807) is 11.0 Å². The van der Waals surface area contributed by atoms with Crippen LogP contribution < -0.4 is 4.90 Å². The molecule has 11 heteroatoms. The molecule has 0 aliphatic carbocycles. The van der Waals surface area contributed by atoms with Crippen molar-refractivity contribution in [3.8, 4) is 0 Å². The minimum absolute atomic E-state index is 0.116. The summed E-state index contributed by atoms with van der Waals surface area (Å²) >= 11 is 0. The minimum atomic E-state index is -4.40. The number of aromatic nitrogens is 2. The standard InChI is InChI=1S/C27H34F3N5O3.C2H6/c1-18-4-5-19(2)35(18)23-16-21(27(28,29)30)7-6-20(23)17-33-12-3-9-26(33)10-14-32(15-11-26)25(38)34-13-8-22(31-34)24(36)37;1-2/h6-8,13,16,18-19H,3-5,9-12,14-15,17H2,1-2H3,(H,36,37);1-2H3/t18-,19?;/m0./s1. The van der Waals surface area contributed by atoms with Gasteiger partial charge in [0.2, 0.25) is 0 Å². The lowest BCUT2D eigenvalue weighted by Crippen LogP contribution is -2.53. The predicted molar refractivity (Wildman–Crippen MR) is 147 cm³/mol. The summed E-state index contributed by atoms with van der Waals surface area (Å²) in [5.41, 5.74) is 0.684. The van der Waals surface area contributed by atoms with Crippen LogP contribution in [0, 0.1) is 0 Å². The van der Waals surface area contributed by atoms with Gasteiger partial charge in [-0.15, -0.1) is 0 Å². The second kappa shape index (κ2) is 11.8. The first kappa shape index (κ1) is 29.9. The van der Waals surface area contributed by atoms with Gasteiger partial charge >= 0.3 is 18.2 Å². The summed E-state index contributed by atoms with van der Waals surface area (Å²) in [5.74, 6) is -1.18. The lowest BCUT2D eigenvalue weighted by Gasteiger charge is -2.45. The first-order chi connectivity index (χ1) is 19.0. The highest BCUT2D eigenvalue weighted by molar-refractivity contribution is 5.86. The van der Waals surface area contributed by atoms with Crippen molar-refractivity contribution in [2.75, 3.05) is 24.5 Å². The maximum absolute atomic E-state index is 13.6. The number of carbonyl (C=O) groups is 2. The Morgan fingerprint density at radius 2 is 1.68 bits per heavy atom. The number of carboxylic acids is 1. The van der Waals surface area contributed by atoms with Crippen LogP contribution in [0.2, 0.25) is 0 Å². The maximum Gasteiger partial charge on any atom is 0.416 e. The third-order valence-corrected chi connectivity index (χ3v) is 8.71. The van der Waals surface area contributed by atoms with Crippen LogP contribution in [0.3, 0.4) is 0 Å². The van der Waals surface area contributed by atoms with Crippen LogP contribution >= 0.6 is 0 Å². The number of hydrogen-bond donors (Lipinski definition) is 1. The van der Waals surface area contributed by atoms with Gasteiger partial charge in [-0.2, -0.15) is 23.0 Å². The summed E-state index contributed by atoms with van der Waals surface area (Å²) in [4.78, 5) is 30.3. The van der Waals surface area contributed by atoms with Crippen molar-refractivity contribution < 1.29 is 27.9 Å². The lowest BCUT2D eigenvalue weighted by molar-refractivity contribution is -0.137. The second-order valence-corrected chi connectivity index (χ2v) is 11.0. The Hall–Kier alpha value is -3.08. The average Bonchev–Trinajstić information content (AvgIpc) is 3.65. The molecule has 1 aromatic carbocycles. The summed E-state index contributed by atoms with van der Waals surface area (Å²) in [6.07, 6.45) is 2.36. The average molecular weight is 564 g/mol. The van der Waals surface area contributed by atoms with Crippen molar-refractivity contribution in [1.29, 1.82) is 0 Å². The molecule has 1 spiro atoms. The largest absolute Gasteiger partial charge is 0.476 e. The monoisotopic (exact) mass is 563 g/mol. The molecule has 3 aliphatic heterocycles. The van der Waals surface area contributed by atoms with Crippen molar-refractivity contribution in [2.45, 2.75) is 96.6 Å². The Morgan fingerprint density at radius 1 is 1.02 bits per heavy atom. The summed E-state index contributed by atoms with van der Waals surface area (Å²) < 4.78 is 42.0. The van der Waals surface area contributed by atoms with Crippen LogP contribution in [0.25, 0.3) is 0 Å². The van der Waals surface area contributed by atoms with Crippen molar-refractivity contribution in [3.05, 3.63) is 47.3 Å². The quantitative estimate of drug-likeness (QED) is 0.484. The van der Waals surface area contributed by atoms with Crippen molar-refractivity contribution in [1.82, 2.24) is 19.6 Å². The van der Waals surface area contributed by atoms with E-state index >= 15 is 0 Å². The molecule has 5 rings (SSSR count). The molecule has 2 atom stereocenters. The molecular weight excluding hydrogens is 523 g/mol. The molecule has 3 aliphatic rings. The number of rotatable bonds is 4. The number of nitrogens with zero attached hydrogens (tertiary/aromatic N) is 5. The fraction of sp³-hybridized carbons (Fsp3) is 0.621.